The van der Waals surface area contributed by atoms with Crippen LogP contribution in [0.15, 0.2) is 12.2 Å². The average Bonchev–Trinajstić information content (AvgIpc) is 2.18. The van der Waals surface area contributed by atoms with Crippen LogP contribution in [0, 0.1) is 0 Å². The standard InChI is InChI=1S/C13H26N2O/c1-11(2)14-8-12(3)9-15-6-7-16-10-13(15,4)5/h11,14H,3,6-10H2,1-2,4-5H3. The van der Waals surface area contributed by atoms with E-state index in [2.05, 4.69) is 44.5 Å². The monoisotopic (exact) mass is 226 g/mol. The maximum Gasteiger partial charge on any atom is 0.0645 e. The van der Waals surface area contributed by atoms with Gasteiger partial charge in [0.2, 0.25) is 0 Å². The molecule has 1 heterocycles. The number of nitrogens with one attached hydrogen (secondary N) is 1. The van der Waals surface area contributed by atoms with Crippen LogP contribution in [0.1, 0.15) is 27.7 Å². The smallest absolute Gasteiger partial charge is 0.0645 e. The maximum atomic E-state index is 5.51. The van der Waals surface area contributed by atoms with Gasteiger partial charge in [-0.1, -0.05) is 20.4 Å². The molecule has 1 fully saturated rings. The van der Waals surface area contributed by atoms with Gasteiger partial charge in [-0.3, -0.25) is 4.90 Å². The zero-order chi connectivity index (χ0) is 12.2. The van der Waals surface area contributed by atoms with Crippen LogP contribution in [-0.4, -0.2) is 49.3 Å². The number of hydrogen-bond acceptors (Lipinski definition) is 3. The summed E-state index contributed by atoms with van der Waals surface area (Å²) in [6.07, 6.45) is 0. The van der Waals surface area contributed by atoms with Gasteiger partial charge >= 0.3 is 0 Å². The summed E-state index contributed by atoms with van der Waals surface area (Å²) in [7, 11) is 0. The molecule has 16 heavy (non-hydrogen) atoms. The first-order valence-electron chi connectivity index (χ1n) is 6.14. The summed E-state index contributed by atoms with van der Waals surface area (Å²) in [5.41, 5.74) is 1.39. The molecule has 0 spiro atoms. The summed E-state index contributed by atoms with van der Waals surface area (Å²) in [6.45, 7) is 17.5. The maximum absolute atomic E-state index is 5.51. The Morgan fingerprint density at radius 3 is 2.75 bits per heavy atom. The van der Waals surface area contributed by atoms with E-state index in [0.29, 0.717) is 6.04 Å². The topological polar surface area (TPSA) is 24.5 Å². The van der Waals surface area contributed by atoms with Gasteiger partial charge in [-0.2, -0.15) is 0 Å². The van der Waals surface area contributed by atoms with Gasteiger partial charge in [-0.05, 0) is 19.4 Å². The highest BCUT2D eigenvalue weighted by Gasteiger charge is 2.30. The van der Waals surface area contributed by atoms with E-state index in [4.69, 9.17) is 4.74 Å². The predicted octanol–water partition coefficient (Wildman–Crippen LogP) is 1.65. The Kier molecular flexibility index (Phi) is 4.96. The second kappa shape index (κ2) is 5.80. The molecule has 0 aromatic rings. The van der Waals surface area contributed by atoms with E-state index in [-0.39, 0.29) is 5.54 Å². The summed E-state index contributed by atoms with van der Waals surface area (Å²) in [5.74, 6) is 0. The Labute approximate surface area is 99.8 Å². The lowest BCUT2D eigenvalue weighted by Gasteiger charge is -2.42. The SMILES string of the molecule is C=C(CNC(C)C)CN1CCOCC1(C)C. The van der Waals surface area contributed by atoms with Crippen molar-refractivity contribution in [3.8, 4) is 0 Å². The Balaban J connectivity index is 2.37. The van der Waals surface area contributed by atoms with Crippen molar-refractivity contribution in [2.45, 2.75) is 39.3 Å². The molecule has 3 heteroatoms. The van der Waals surface area contributed by atoms with Crippen LogP contribution in [0.4, 0.5) is 0 Å². The van der Waals surface area contributed by atoms with Crippen molar-refractivity contribution in [2.75, 3.05) is 32.8 Å². The fraction of sp³-hybridized carbons (Fsp3) is 0.846. The van der Waals surface area contributed by atoms with Crippen molar-refractivity contribution in [3.05, 3.63) is 12.2 Å². The van der Waals surface area contributed by atoms with Crippen LogP contribution in [0.5, 0.6) is 0 Å². The lowest BCUT2D eigenvalue weighted by atomic mass is 10.0. The summed E-state index contributed by atoms with van der Waals surface area (Å²) in [5, 5.41) is 3.40. The first kappa shape index (κ1) is 13.7. The van der Waals surface area contributed by atoms with Crippen molar-refractivity contribution in [2.24, 2.45) is 0 Å². The highest BCUT2D eigenvalue weighted by Crippen LogP contribution is 2.19. The predicted molar refractivity (Wildman–Crippen MR) is 68.7 cm³/mol. The van der Waals surface area contributed by atoms with E-state index in [9.17, 15) is 0 Å². The highest BCUT2D eigenvalue weighted by atomic mass is 16.5. The fourth-order valence-corrected chi connectivity index (χ4v) is 1.86. The van der Waals surface area contributed by atoms with Crippen molar-refractivity contribution in [3.63, 3.8) is 0 Å². The van der Waals surface area contributed by atoms with Crippen molar-refractivity contribution < 1.29 is 4.74 Å². The second-order valence-electron chi connectivity index (χ2n) is 5.57. The van der Waals surface area contributed by atoms with Crippen molar-refractivity contribution >= 4 is 0 Å². The van der Waals surface area contributed by atoms with Crippen LogP contribution in [0.25, 0.3) is 0 Å². The minimum absolute atomic E-state index is 0.138. The fourth-order valence-electron chi connectivity index (χ4n) is 1.86. The summed E-state index contributed by atoms with van der Waals surface area (Å²) >= 11 is 0. The molecule has 94 valence electrons. The molecule has 0 aromatic heterocycles. The van der Waals surface area contributed by atoms with E-state index in [1.807, 2.05) is 0 Å². The van der Waals surface area contributed by atoms with E-state index < -0.39 is 0 Å². The van der Waals surface area contributed by atoms with Gasteiger partial charge in [0.15, 0.2) is 0 Å². The Bertz CT molecular complexity index is 236. The molecule has 0 unspecified atom stereocenters. The molecule has 0 aromatic carbocycles. The minimum Gasteiger partial charge on any atom is -0.378 e. The Morgan fingerprint density at radius 1 is 1.50 bits per heavy atom. The minimum atomic E-state index is 0.138. The van der Waals surface area contributed by atoms with E-state index in [1.165, 1.54) is 5.57 Å². The Hall–Kier alpha value is -0.380. The van der Waals surface area contributed by atoms with Gasteiger partial charge in [-0.25, -0.2) is 0 Å². The Morgan fingerprint density at radius 2 is 2.19 bits per heavy atom. The van der Waals surface area contributed by atoms with Crippen LogP contribution < -0.4 is 5.32 Å². The lowest BCUT2D eigenvalue weighted by molar-refractivity contribution is -0.0463. The number of nitrogens with zero attached hydrogens (tertiary/aromatic N) is 1. The van der Waals surface area contributed by atoms with Gasteiger partial charge in [0.05, 0.1) is 13.2 Å². The van der Waals surface area contributed by atoms with Crippen LogP contribution in [0.3, 0.4) is 0 Å². The molecular weight excluding hydrogens is 200 g/mol. The van der Waals surface area contributed by atoms with E-state index >= 15 is 0 Å². The third-order valence-corrected chi connectivity index (χ3v) is 2.99. The van der Waals surface area contributed by atoms with Gasteiger partial charge in [-0.15, -0.1) is 0 Å². The van der Waals surface area contributed by atoms with E-state index in [1.54, 1.807) is 0 Å². The molecule has 0 amide bonds. The third-order valence-electron chi connectivity index (χ3n) is 2.99. The number of ether oxygens (including phenoxy) is 1. The van der Waals surface area contributed by atoms with E-state index in [0.717, 1.165) is 32.8 Å². The molecule has 1 aliphatic rings. The largest absolute Gasteiger partial charge is 0.378 e. The molecule has 0 radical (unpaired) electrons. The summed E-state index contributed by atoms with van der Waals surface area (Å²) < 4.78 is 5.51. The second-order valence-corrected chi connectivity index (χ2v) is 5.57. The van der Waals surface area contributed by atoms with Crippen molar-refractivity contribution in [1.29, 1.82) is 0 Å². The molecule has 1 rings (SSSR count). The molecule has 0 saturated carbocycles. The van der Waals surface area contributed by atoms with Gasteiger partial charge in [0.25, 0.3) is 0 Å². The highest BCUT2D eigenvalue weighted by molar-refractivity contribution is 5.03. The van der Waals surface area contributed by atoms with Crippen LogP contribution >= 0.6 is 0 Å². The normalized spacial score (nSPS) is 21.3. The summed E-state index contributed by atoms with van der Waals surface area (Å²) in [4.78, 5) is 2.46. The molecule has 3 nitrogen and oxygen atoms in total. The molecule has 1 N–H and O–H groups in total. The zero-order valence-electron chi connectivity index (χ0n) is 11.2. The first-order valence-corrected chi connectivity index (χ1v) is 6.14. The molecule has 0 atom stereocenters. The number of hydrogen-bond donors (Lipinski definition) is 1. The first-order chi connectivity index (χ1) is 7.42. The molecule has 1 aliphatic heterocycles. The van der Waals surface area contributed by atoms with Gasteiger partial charge in [0.1, 0.15) is 0 Å². The van der Waals surface area contributed by atoms with Crippen molar-refractivity contribution in [1.82, 2.24) is 10.2 Å². The molecule has 0 bridgehead atoms. The average molecular weight is 226 g/mol. The van der Waals surface area contributed by atoms with Crippen LogP contribution in [-0.2, 0) is 4.74 Å². The zero-order valence-corrected chi connectivity index (χ0v) is 11.2. The lowest BCUT2D eigenvalue weighted by Crippen LogP contribution is -2.53. The quantitative estimate of drug-likeness (QED) is 0.721. The van der Waals surface area contributed by atoms with Gasteiger partial charge in [0, 0.05) is 31.2 Å². The molecule has 0 aliphatic carbocycles. The molecule has 1 saturated heterocycles. The van der Waals surface area contributed by atoms with Crippen LogP contribution in [0.2, 0.25) is 0 Å². The summed E-state index contributed by atoms with van der Waals surface area (Å²) in [6, 6.07) is 0.523. The molecular formula is C13H26N2O. The van der Waals surface area contributed by atoms with Gasteiger partial charge < -0.3 is 10.1 Å². The number of morpholine rings is 1. The third kappa shape index (κ3) is 4.24. The number of rotatable bonds is 5.